The van der Waals surface area contributed by atoms with Gasteiger partial charge in [0.05, 0.1) is 19.8 Å². The summed E-state index contributed by atoms with van der Waals surface area (Å²) in [4.78, 5) is 13.5. The minimum Gasteiger partial charge on any atom is -0.399 e. The van der Waals surface area contributed by atoms with Crippen LogP contribution in [0.2, 0.25) is 0 Å². The van der Waals surface area contributed by atoms with Crippen LogP contribution in [0.15, 0.2) is 24.3 Å². The second kappa shape index (κ2) is 6.88. The number of carbonyl (C=O) groups is 1. The van der Waals surface area contributed by atoms with Crippen molar-refractivity contribution < 1.29 is 14.6 Å². The molecule has 0 atom stereocenters. The molecule has 1 aromatic carbocycles. The summed E-state index contributed by atoms with van der Waals surface area (Å²) in [6.07, 6.45) is 0. The van der Waals surface area contributed by atoms with Crippen LogP contribution in [0.5, 0.6) is 0 Å². The lowest BCUT2D eigenvalue weighted by molar-refractivity contribution is 0.0618. The lowest BCUT2D eigenvalue weighted by atomic mass is 10.2. The van der Waals surface area contributed by atoms with Crippen molar-refractivity contribution in [3.8, 4) is 0 Å². The molecule has 94 valence electrons. The van der Waals surface area contributed by atoms with Crippen molar-refractivity contribution in [3.63, 3.8) is 0 Å². The van der Waals surface area contributed by atoms with Crippen LogP contribution >= 0.6 is 0 Å². The summed E-state index contributed by atoms with van der Waals surface area (Å²) in [5, 5.41) is 8.53. The Kier molecular flexibility index (Phi) is 5.45. The maximum atomic E-state index is 11.9. The normalized spacial score (nSPS) is 10.2. The number of likely N-dealkylation sites (N-methyl/N-ethyl adjacent to an activating group) is 1. The Morgan fingerprint density at radius 3 is 2.88 bits per heavy atom. The first-order chi connectivity index (χ1) is 8.15. The molecule has 5 heteroatoms. The molecular formula is C12H18N2O3. The number of rotatable bonds is 6. The standard InChI is InChI=1S/C12H18N2O3/c1-14(5-7-17-8-6-15)12(16)10-3-2-4-11(13)9-10/h2-4,9,15H,5-8,13H2,1H3. The van der Waals surface area contributed by atoms with Gasteiger partial charge in [-0.25, -0.2) is 0 Å². The molecule has 0 aromatic heterocycles. The SMILES string of the molecule is CN(CCOCCO)C(=O)c1cccc(N)c1. The van der Waals surface area contributed by atoms with E-state index in [4.69, 9.17) is 15.6 Å². The van der Waals surface area contributed by atoms with Gasteiger partial charge in [-0.3, -0.25) is 4.79 Å². The molecular weight excluding hydrogens is 220 g/mol. The van der Waals surface area contributed by atoms with Crippen LogP contribution in [0, 0.1) is 0 Å². The van der Waals surface area contributed by atoms with Gasteiger partial charge in [0, 0.05) is 24.8 Å². The van der Waals surface area contributed by atoms with Gasteiger partial charge in [-0.05, 0) is 18.2 Å². The first-order valence-corrected chi connectivity index (χ1v) is 5.44. The van der Waals surface area contributed by atoms with E-state index in [1.807, 2.05) is 0 Å². The number of aliphatic hydroxyl groups excluding tert-OH is 1. The lowest BCUT2D eigenvalue weighted by Gasteiger charge is -2.17. The number of aliphatic hydroxyl groups is 1. The van der Waals surface area contributed by atoms with E-state index in [1.54, 1.807) is 36.2 Å². The van der Waals surface area contributed by atoms with Gasteiger partial charge in [0.1, 0.15) is 0 Å². The molecule has 0 aliphatic rings. The number of nitrogen functional groups attached to an aromatic ring is 1. The van der Waals surface area contributed by atoms with Crippen LogP contribution in [-0.2, 0) is 4.74 Å². The molecule has 0 heterocycles. The average Bonchev–Trinajstić information content (AvgIpc) is 2.33. The molecule has 1 aromatic rings. The van der Waals surface area contributed by atoms with E-state index in [0.717, 1.165) is 0 Å². The summed E-state index contributed by atoms with van der Waals surface area (Å²) in [5.74, 6) is -0.0927. The number of nitrogens with zero attached hydrogens (tertiary/aromatic N) is 1. The zero-order valence-corrected chi connectivity index (χ0v) is 9.93. The Labute approximate surface area is 101 Å². The summed E-state index contributed by atoms with van der Waals surface area (Å²) < 4.78 is 5.09. The molecule has 0 aliphatic heterocycles. The van der Waals surface area contributed by atoms with Gasteiger partial charge < -0.3 is 20.5 Å². The van der Waals surface area contributed by atoms with Gasteiger partial charge in [-0.1, -0.05) is 6.07 Å². The number of hydrogen-bond acceptors (Lipinski definition) is 4. The van der Waals surface area contributed by atoms with Crippen molar-refractivity contribution in [1.82, 2.24) is 4.90 Å². The molecule has 1 amide bonds. The number of benzene rings is 1. The molecule has 5 nitrogen and oxygen atoms in total. The monoisotopic (exact) mass is 238 g/mol. The van der Waals surface area contributed by atoms with Crippen molar-refractivity contribution in [2.45, 2.75) is 0 Å². The molecule has 3 N–H and O–H groups in total. The number of hydrogen-bond donors (Lipinski definition) is 2. The molecule has 0 aliphatic carbocycles. The van der Waals surface area contributed by atoms with Gasteiger partial charge in [0.2, 0.25) is 0 Å². The summed E-state index contributed by atoms with van der Waals surface area (Å²) in [7, 11) is 1.70. The van der Waals surface area contributed by atoms with E-state index >= 15 is 0 Å². The van der Waals surface area contributed by atoms with Crippen LogP contribution < -0.4 is 5.73 Å². The minimum absolute atomic E-state index is 0.00706. The van der Waals surface area contributed by atoms with E-state index in [0.29, 0.717) is 31.0 Å². The highest BCUT2D eigenvalue weighted by Gasteiger charge is 2.11. The largest absolute Gasteiger partial charge is 0.399 e. The van der Waals surface area contributed by atoms with Crippen molar-refractivity contribution >= 4 is 11.6 Å². The van der Waals surface area contributed by atoms with Gasteiger partial charge in [-0.2, -0.15) is 0 Å². The Morgan fingerprint density at radius 1 is 1.47 bits per heavy atom. The fraction of sp³-hybridized carbons (Fsp3) is 0.417. The lowest BCUT2D eigenvalue weighted by Crippen LogP contribution is -2.30. The third-order valence-electron chi connectivity index (χ3n) is 2.29. The Balaban J connectivity index is 2.46. The third-order valence-corrected chi connectivity index (χ3v) is 2.29. The quantitative estimate of drug-likeness (QED) is 0.554. The van der Waals surface area contributed by atoms with Crippen LogP contribution in [-0.4, -0.2) is 49.3 Å². The first kappa shape index (κ1) is 13.5. The summed E-state index contributed by atoms with van der Waals surface area (Å²) in [6, 6.07) is 6.86. The molecule has 0 saturated heterocycles. The molecule has 0 unspecified atom stereocenters. The molecule has 0 radical (unpaired) electrons. The summed E-state index contributed by atoms with van der Waals surface area (Å²) in [6.45, 7) is 1.17. The van der Waals surface area contributed by atoms with E-state index in [2.05, 4.69) is 0 Å². The van der Waals surface area contributed by atoms with Crippen molar-refractivity contribution in [1.29, 1.82) is 0 Å². The van der Waals surface area contributed by atoms with Crippen LogP contribution in [0.3, 0.4) is 0 Å². The number of nitrogens with two attached hydrogens (primary N) is 1. The summed E-state index contributed by atoms with van der Waals surface area (Å²) >= 11 is 0. The van der Waals surface area contributed by atoms with Crippen molar-refractivity contribution in [3.05, 3.63) is 29.8 Å². The maximum Gasteiger partial charge on any atom is 0.253 e. The number of ether oxygens (including phenoxy) is 1. The molecule has 0 fully saturated rings. The van der Waals surface area contributed by atoms with Crippen LogP contribution in [0.1, 0.15) is 10.4 Å². The number of amides is 1. The second-order valence-corrected chi connectivity index (χ2v) is 3.69. The van der Waals surface area contributed by atoms with Gasteiger partial charge >= 0.3 is 0 Å². The molecule has 0 spiro atoms. The predicted octanol–water partition coefficient (Wildman–Crippen LogP) is 0.350. The Bertz CT molecular complexity index is 369. The zero-order valence-electron chi connectivity index (χ0n) is 9.93. The molecule has 0 bridgehead atoms. The first-order valence-electron chi connectivity index (χ1n) is 5.44. The average molecular weight is 238 g/mol. The van der Waals surface area contributed by atoms with E-state index in [1.165, 1.54) is 0 Å². The Morgan fingerprint density at radius 2 is 2.24 bits per heavy atom. The van der Waals surface area contributed by atoms with Crippen molar-refractivity contribution in [2.24, 2.45) is 0 Å². The highest BCUT2D eigenvalue weighted by atomic mass is 16.5. The molecule has 0 saturated carbocycles. The van der Waals surface area contributed by atoms with Crippen molar-refractivity contribution in [2.75, 3.05) is 39.1 Å². The zero-order chi connectivity index (χ0) is 12.7. The molecule has 17 heavy (non-hydrogen) atoms. The van der Waals surface area contributed by atoms with Crippen LogP contribution in [0.4, 0.5) is 5.69 Å². The minimum atomic E-state index is -0.0927. The molecule has 1 rings (SSSR count). The second-order valence-electron chi connectivity index (χ2n) is 3.69. The number of anilines is 1. The van der Waals surface area contributed by atoms with Gasteiger partial charge in [0.15, 0.2) is 0 Å². The van der Waals surface area contributed by atoms with E-state index in [9.17, 15) is 4.79 Å². The predicted molar refractivity (Wildman–Crippen MR) is 65.7 cm³/mol. The van der Waals surface area contributed by atoms with Gasteiger partial charge in [0.25, 0.3) is 5.91 Å². The fourth-order valence-corrected chi connectivity index (χ4v) is 1.36. The third kappa shape index (κ3) is 4.42. The van der Waals surface area contributed by atoms with Gasteiger partial charge in [-0.15, -0.1) is 0 Å². The highest BCUT2D eigenvalue weighted by Crippen LogP contribution is 2.08. The van der Waals surface area contributed by atoms with E-state index < -0.39 is 0 Å². The highest BCUT2D eigenvalue weighted by molar-refractivity contribution is 5.94. The smallest absolute Gasteiger partial charge is 0.253 e. The fourth-order valence-electron chi connectivity index (χ4n) is 1.36. The van der Waals surface area contributed by atoms with E-state index in [-0.39, 0.29) is 12.5 Å². The Hall–Kier alpha value is -1.59. The maximum absolute atomic E-state index is 11.9. The van der Waals surface area contributed by atoms with Crippen LogP contribution in [0.25, 0.3) is 0 Å². The number of carbonyl (C=O) groups excluding carboxylic acids is 1. The summed E-state index contributed by atoms with van der Waals surface area (Å²) in [5.41, 5.74) is 6.75. The topological polar surface area (TPSA) is 75.8 Å².